The Balaban J connectivity index is 1.73. The highest BCUT2D eigenvalue weighted by molar-refractivity contribution is 6.31. The van der Waals surface area contributed by atoms with Crippen LogP contribution in [0.5, 0.6) is 0 Å². The monoisotopic (exact) mass is 383 g/mol. The van der Waals surface area contributed by atoms with E-state index in [2.05, 4.69) is 15.3 Å². The van der Waals surface area contributed by atoms with E-state index >= 15 is 0 Å². The smallest absolute Gasteiger partial charge is 0.359 e. The van der Waals surface area contributed by atoms with Crippen LogP contribution in [0.2, 0.25) is 5.02 Å². The molecule has 138 valence electrons. The molecule has 0 aliphatic rings. The zero-order valence-corrected chi connectivity index (χ0v) is 15.7. The number of benzene rings is 2. The molecule has 1 heterocycles. The molecular formula is C20H18ClN3O3. The molecule has 1 atom stereocenters. The zero-order valence-electron chi connectivity index (χ0n) is 14.9. The van der Waals surface area contributed by atoms with Gasteiger partial charge in [0.2, 0.25) is 0 Å². The second-order valence-electron chi connectivity index (χ2n) is 5.99. The molecule has 0 radical (unpaired) electrons. The third-order valence-corrected chi connectivity index (χ3v) is 4.26. The summed E-state index contributed by atoms with van der Waals surface area (Å²) in [6, 6.07) is 12.4. The number of ether oxygens (including phenoxy) is 1. The largest absolute Gasteiger partial charge is 0.447 e. The highest BCUT2D eigenvalue weighted by Gasteiger charge is 2.23. The molecule has 2 aromatic carbocycles. The summed E-state index contributed by atoms with van der Waals surface area (Å²) in [7, 11) is 0. The van der Waals surface area contributed by atoms with Gasteiger partial charge in [-0.2, -0.15) is 0 Å². The standard InChI is InChI=1S/C20H18ClN3O3/c1-3-18(19(25)24-16-10-13(21)9-8-12(16)2)27-20(26)17-11-22-14-6-4-5-7-15(14)23-17/h4-11,18H,3H2,1-2H3,(H,24,25). The first kappa shape index (κ1) is 18.8. The van der Waals surface area contributed by atoms with Gasteiger partial charge in [-0.05, 0) is 43.2 Å². The minimum Gasteiger partial charge on any atom is -0.447 e. The summed E-state index contributed by atoms with van der Waals surface area (Å²) in [5.74, 6) is -1.12. The van der Waals surface area contributed by atoms with E-state index in [0.717, 1.165) is 5.56 Å². The first-order valence-electron chi connectivity index (χ1n) is 8.47. The van der Waals surface area contributed by atoms with Gasteiger partial charge in [-0.15, -0.1) is 0 Å². The summed E-state index contributed by atoms with van der Waals surface area (Å²) >= 11 is 5.97. The fourth-order valence-corrected chi connectivity index (χ4v) is 2.68. The normalized spacial score (nSPS) is 11.8. The number of carbonyl (C=O) groups is 2. The minimum atomic E-state index is -0.954. The van der Waals surface area contributed by atoms with Crippen LogP contribution < -0.4 is 5.32 Å². The summed E-state index contributed by atoms with van der Waals surface area (Å²) in [6.45, 7) is 3.61. The van der Waals surface area contributed by atoms with Gasteiger partial charge in [0.25, 0.3) is 5.91 Å². The van der Waals surface area contributed by atoms with Gasteiger partial charge in [0.05, 0.1) is 17.2 Å². The number of hydrogen-bond acceptors (Lipinski definition) is 5. The van der Waals surface area contributed by atoms with E-state index in [0.29, 0.717) is 28.2 Å². The number of aromatic nitrogens is 2. The number of fused-ring (bicyclic) bond motifs is 1. The van der Waals surface area contributed by atoms with Crippen molar-refractivity contribution >= 4 is 40.2 Å². The van der Waals surface area contributed by atoms with Crippen LogP contribution in [-0.2, 0) is 9.53 Å². The summed E-state index contributed by atoms with van der Waals surface area (Å²) < 4.78 is 5.35. The molecule has 0 fully saturated rings. The van der Waals surface area contributed by atoms with Crippen LogP contribution in [0.25, 0.3) is 11.0 Å². The average molecular weight is 384 g/mol. The van der Waals surface area contributed by atoms with Gasteiger partial charge >= 0.3 is 5.97 Å². The Bertz CT molecular complexity index is 1010. The highest BCUT2D eigenvalue weighted by atomic mass is 35.5. The first-order chi connectivity index (χ1) is 13.0. The van der Waals surface area contributed by atoms with Crippen LogP contribution in [0, 0.1) is 6.92 Å². The summed E-state index contributed by atoms with van der Waals surface area (Å²) in [5, 5.41) is 3.26. The summed E-state index contributed by atoms with van der Waals surface area (Å²) in [6.07, 6.45) is 0.707. The van der Waals surface area contributed by atoms with Crippen LogP contribution in [0.3, 0.4) is 0 Å². The number of amides is 1. The molecule has 0 aliphatic heterocycles. The van der Waals surface area contributed by atoms with Gasteiger partial charge in [-0.25, -0.2) is 9.78 Å². The van der Waals surface area contributed by atoms with Gasteiger partial charge in [0, 0.05) is 10.7 Å². The Kier molecular flexibility index (Phi) is 5.66. The van der Waals surface area contributed by atoms with Crippen molar-refractivity contribution in [2.45, 2.75) is 26.4 Å². The quantitative estimate of drug-likeness (QED) is 0.669. The number of halogens is 1. The number of nitrogens with zero attached hydrogens (tertiary/aromatic N) is 2. The number of para-hydroxylation sites is 2. The molecule has 0 saturated heterocycles. The van der Waals surface area contributed by atoms with Crippen LogP contribution >= 0.6 is 11.6 Å². The predicted octanol–water partition coefficient (Wildman–Crippen LogP) is 4.17. The van der Waals surface area contributed by atoms with Gasteiger partial charge in [0.1, 0.15) is 0 Å². The topological polar surface area (TPSA) is 81.2 Å². The number of esters is 1. The van der Waals surface area contributed by atoms with Crippen molar-refractivity contribution in [2.24, 2.45) is 0 Å². The van der Waals surface area contributed by atoms with Crippen LogP contribution in [0.15, 0.2) is 48.7 Å². The molecule has 3 aromatic rings. The number of aryl methyl sites for hydroxylation is 1. The molecule has 1 aromatic heterocycles. The Morgan fingerprint density at radius 2 is 1.93 bits per heavy atom. The molecule has 1 N–H and O–H groups in total. The van der Waals surface area contributed by atoms with E-state index in [4.69, 9.17) is 16.3 Å². The van der Waals surface area contributed by atoms with E-state index in [1.54, 1.807) is 37.3 Å². The van der Waals surface area contributed by atoms with Crippen molar-refractivity contribution in [2.75, 3.05) is 5.32 Å². The second-order valence-corrected chi connectivity index (χ2v) is 6.43. The Morgan fingerprint density at radius 3 is 2.67 bits per heavy atom. The maximum absolute atomic E-state index is 12.5. The SMILES string of the molecule is CCC(OC(=O)c1cnc2ccccc2n1)C(=O)Nc1cc(Cl)ccc1C. The molecule has 1 unspecified atom stereocenters. The van der Waals surface area contributed by atoms with E-state index < -0.39 is 18.0 Å². The van der Waals surface area contributed by atoms with Gasteiger partial charge in [0.15, 0.2) is 11.8 Å². The molecule has 27 heavy (non-hydrogen) atoms. The molecule has 0 spiro atoms. The van der Waals surface area contributed by atoms with Crippen molar-refractivity contribution in [3.8, 4) is 0 Å². The highest BCUT2D eigenvalue weighted by Crippen LogP contribution is 2.21. The van der Waals surface area contributed by atoms with Gasteiger partial charge < -0.3 is 10.1 Å². The maximum Gasteiger partial charge on any atom is 0.359 e. The minimum absolute atomic E-state index is 0.0545. The Labute approximate surface area is 161 Å². The van der Waals surface area contributed by atoms with Crippen LogP contribution in [0.1, 0.15) is 29.4 Å². The van der Waals surface area contributed by atoms with Crippen molar-refractivity contribution in [1.82, 2.24) is 9.97 Å². The second kappa shape index (κ2) is 8.14. The molecule has 7 heteroatoms. The summed E-state index contributed by atoms with van der Waals surface area (Å²) in [4.78, 5) is 33.4. The molecule has 6 nitrogen and oxygen atoms in total. The maximum atomic E-state index is 12.5. The van der Waals surface area contributed by atoms with Crippen LogP contribution in [-0.4, -0.2) is 27.9 Å². The number of rotatable bonds is 5. The average Bonchev–Trinajstić information content (AvgIpc) is 2.68. The summed E-state index contributed by atoms with van der Waals surface area (Å²) in [5.41, 5.74) is 2.75. The van der Waals surface area contributed by atoms with E-state index in [9.17, 15) is 9.59 Å². The van der Waals surface area contributed by atoms with Gasteiger partial charge in [-0.3, -0.25) is 9.78 Å². The first-order valence-corrected chi connectivity index (χ1v) is 8.85. The molecular weight excluding hydrogens is 366 g/mol. The number of anilines is 1. The van der Waals surface area contributed by atoms with Crippen molar-refractivity contribution in [1.29, 1.82) is 0 Å². The van der Waals surface area contributed by atoms with Crippen molar-refractivity contribution in [3.05, 3.63) is 64.9 Å². The molecule has 3 rings (SSSR count). The third-order valence-electron chi connectivity index (χ3n) is 4.03. The fourth-order valence-electron chi connectivity index (χ4n) is 2.51. The van der Waals surface area contributed by atoms with Crippen molar-refractivity contribution < 1.29 is 14.3 Å². The lowest BCUT2D eigenvalue weighted by Gasteiger charge is -2.17. The molecule has 0 aliphatic carbocycles. The fraction of sp³-hybridized carbons (Fsp3) is 0.200. The van der Waals surface area contributed by atoms with E-state index in [-0.39, 0.29) is 5.69 Å². The third kappa shape index (κ3) is 4.41. The lowest BCUT2D eigenvalue weighted by Crippen LogP contribution is -2.32. The zero-order chi connectivity index (χ0) is 19.4. The number of nitrogens with one attached hydrogen (secondary N) is 1. The predicted molar refractivity (Wildman–Crippen MR) is 104 cm³/mol. The van der Waals surface area contributed by atoms with Crippen LogP contribution in [0.4, 0.5) is 5.69 Å². The lowest BCUT2D eigenvalue weighted by atomic mass is 10.2. The Morgan fingerprint density at radius 1 is 1.19 bits per heavy atom. The molecule has 0 saturated carbocycles. The molecule has 1 amide bonds. The van der Waals surface area contributed by atoms with E-state index in [1.165, 1.54) is 6.20 Å². The van der Waals surface area contributed by atoms with Crippen molar-refractivity contribution in [3.63, 3.8) is 0 Å². The lowest BCUT2D eigenvalue weighted by molar-refractivity contribution is -0.124. The number of carbonyl (C=O) groups excluding carboxylic acids is 2. The molecule has 0 bridgehead atoms. The Hall–Kier alpha value is -2.99. The van der Waals surface area contributed by atoms with E-state index in [1.807, 2.05) is 19.1 Å². The number of hydrogen-bond donors (Lipinski definition) is 1. The van der Waals surface area contributed by atoms with Gasteiger partial charge in [-0.1, -0.05) is 36.7 Å².